The van der Waals surface area contributed by atoms with Crippen molar-refractivity contribution in [2.75, 3.05) is 0 Å². The third-order valence-electron chi connectivity index (χ3n) is 5.32. The van der Waals surface area contributed by atoms with E-state index in [0.717, 1.165) is 12.8 Å². The molecule has 0 amide bonds. The standard InChI is InChI=1S/C19H22O2S/c20-19(12-16-8-4-9-17(13-19)22(16)21)11-15-7-3-6-14-5-1-2-10-18(14)15/h1-3,5-7,10,16-17,20H,4,8-9,11-13H2. The van der Waals surface area contributed by atoms with Crippen molar-refractivity contribution in [2.45, 2.75) is 54.6 Å². The Morgan fingerprint density at radius 2 is 1.73 bits per heavy atom. The molecule has 3 heteroatoms. The number of benzene rings is 2. The molecule has 2 bridgehead atoms. The summed E-state index contributed by atoms with van der Waals surface area (Å²) < 4.78 is 12.4. The van der Waals surface area contributed by atoms with E-state index in [0.29, 0.717) is 19.3 Å². The summed E-state index contributed by atoms with van der Waals surface area (Å²) in [6.07, 6.45) is 5.27. The van der Waals surface area contributed by atoms with E-state index in [2.05, 4.69) is 42.5 Å². The predicted octanol–water partition coefficient (Wildman–Crippen LogP) is 3.58. The summed E-state index contributed by atoms with van der Waals surface area (Å²) in [6, 6.07) is 14.7. The van der Waals surface area contributed by atoms with Gasteiger partial charge in [0.2, 0.25) is 0 Å². The number of hydrogen-bond donors (Lipinski definition) is 1. The summed E-state index contributed by atoms with van der Waals surface area (Å²) in [5.41, 5.74) is 0.528. The first-order valence-corrected chi connectivity index (χ1v) is 9.51. The maximum absolute atomic E-state index is 12.4. The van der Waals surface area contributed by atoms with Crippen LogP contribution >= 0.6 is 0 Å². The van der Waals surface area contributed by atoms with Crippen LogP contribution in [0.3, 0.4) is 0 Å². The largest absolute Gasteiger partial charge is 0.389 e. The normalized spacial score (nSPS) is 34.7. The lowest BCUT2D eigenvalue weighted by molar-refractivity contribution is 0.0117. The highest BCUT2D eigenvalue weighted by Crippen LogP contribution is 2.41. The van der Waals surface area contributed by atoms with Crippen molar-refractivity contribution in [2.24, 2.45) is 0 Å². The average Bonchev–Trinajstić information content (AvgIpc) is 2.50. The van der Waals surface area contributed by atoms with E-state index < -0.39 is 16.4 Å². The first-order valence-electron chi connectivity index (χ1n) is 8.23. The van der Waals surface area contributed by atoms with Crippen LogP contribution in [0, 0.1) is 0 Å². The maximum Gasteiger partial charge on any atom is 0.0711 e. The third-order valence-corrected chi connectivity index (χ3v) is 7.44. The van der Waals surface area contributed by atoms with Crippen LogP contribution < -0.4 is 0 Å². The number of hydrogen-bond acceptors (Lipinski definition) is 2. The summed E-state index contributed by atoms with van der Waals surface area (Å²) in [5.74, 6) is 0. The van der Waals surface area contributed by atoms with Crippen molar-refractivity contribution in [3.63, 3.8) is 0 Å². The molecule has 22 heavy (non-hydrogen) atoms. The van der Waals surface area contributed by atoms with Gasteiger partial charge in [-0.2, -0.15) is 0 Å². The van der Waals surface area contributed by atoms with E-state index in [9.17, 15) is 9.32 Å². The minimum absolute atomic E-state index is 0.201. The minimum Gasteiger partial charge on any atom is -0.389 e. The molecule has 116 valence electrons. The van der Waals surface area contributed by atoms with Gasteiger partial charge >= 0.3 is 0 Å². The molecule has 0 radical (unpaired) electrons. The van der Waals surface area contributed by atoms with Gasteiger partial charge in [0, 0.05) is 27.7 Å². The number of aliphatic hydroxyl groups is 1. The molecule has 2 aliphatic heterocycles. The minimum atomic E-state index is -0.728. The summed E-state index contributed by atoms with van der Waals surface area (Å²) in [6.45, 7) is 0. The van der Waals surface area contributed by atoms with Gasteiger partial charge in [0.1, 0.15) is 0 Å². The van der Waals surface area contributed by atoms with Crippen LogP contribution in [-0.4, -0.2) is 25.4 Å². The second-order valence-corrected chi connectivity index (χ2v) is 8.94. The average molecular weight is 314 g/mol. The maximum atomic E-state index is 12.4. The van der Waals surface area contributed by atoms with Gasteiger partial charge in [-0.15, -0.1) is 0 Å². The highest BCUT2D eigenvalue weighted by Gasteiger charge is 2.45. The predicted molar refractivity (Wildman–Crippen MR) is 91.4 cm³/mol. The van der Waals surface area contributed by atoms with Crippen molar-refractivity contribution in [1.29, 1.82) is 0 Å². The molecule has 2 aromatic rings. The van der Waals surface area contributed by atoms with Crippen LogP contribution in [0.4, 0.5) is 0 Å². The Labute approximate surface area is 134 Å². The highest BCUT2D eigenvalue weighted by molar-refractivity contribution is 7.86. The van der Waals surface area contributed by atoms with Crippen molar-refractivity contribution in [3.8, 4) is 0 Å². The molecule has 0 aliphatic carbocycles. The Bertz CT molecular complexity index is 703. The van der Waals surface area contributed by atoms with Gasteiger partial charge in [-0.3, -0.25) is 4.21 Å². The number of rotatable bonds is 2. The Hall–Kier alpha value is -1.19. The molecule has 2 saturated heterocycles. The molecule has 4 rings (SSSR count). The summed E-state index contributed by atoms with van der Waals surface area (Å²) in [5, 5.41) is 14.0. The van der Waals surface area contributed by atoms with Gasteiger partial charge in [-0.25, -0.2) is 0 Å². The fraction of sp³-hybridized carbons (Fsp3) is 0.474. The molecule has 2 fully saturated rings. The first kappa shape index (κ1) is 14.4. The molecule has 1 N–H and O–H groups in total. The summed E-state index contributed by atoms with van der Waals surface area (Å²) in [7, 11) is -0.728. The lowest BCUT2D eigenvalue weighted by atomic mass is 9.80. The van der Waals surface area contributed by atoms with Crippen LogP contribution in [0.1, 0.15) is 37.7 Å². The first-order chi connectivity index (χ1) is 10.6. The van der Waals surface area contributed by atoms with Crippen molar-refractivity contribution < 1.29 is 9.32 Å². The second kappa shape index (κ2) is 5.47. The van der Waals surface area contributed by atoms with Crippen LogP contribution in [-0.2, 0) is 17.2 Å². The zero-order valence-electron chi connectivity index (χ0n) is 12.7. The highest BCUT2D eigenvalue weighted by atomic mass is 32.2. The second-order valence-electron chi connectivity index (χ2n) is 6.95. The van der Waals surface area contributed by atoms with E-state index >= 15 is 0 Å². The Morgan fingerprint density at radius 1 is 1.05 bits per heavy atom. The molecule has 0 saturated carbocycles. The summed E-state index contributed by atoms with van der Waals surface area (Å²) in [4.78, 5) is 0. The van der Waals surface area contributed by atoms with Crippen LogP contribution in [0.5, 0.6) is 0 Å². The zero-order chi connectivity index (χ0) is 15.2. The molecule has 2 unspecified atom stereocenters. The van der Waals surface area contributed by atoms with E-state index in [-0.39, 0.29) is 10.5 Å². The third kappa shape index (κ3) is 2.50. The fourth-order valence-corrected chi connectivity index (χ4v) is 6.61. The molecular weight excluding hydrogens is 292 g/mol. The van der Waals surface area contributed by atoms with Crippen LogP contribution in [0.25, 0.3) is 10.8 Å². The van der Waals surface area contributed by atoms with Crippen LogP contribution in [0.15, 0.2) is 42.5 Å². The van der Waals surface area contributed by atoms with E-state index in [4.69, 9.17) is 0 Å². The molecule has 2 heterocycles. The quantitative estimate of drug-likeness (QED) is 0.920. The van der Waals surface area contributed by atoms with Gasteiger partial charge in [-0.1, -0.05) is 48.9 Å². The summed E-state index contributed by atoms with van der Waals surface area (Å²) >= 11 is 0. The van der Waals surface area contributed by atoms with Crippen molar-refractivity contribution >= 4 is 21.6 Å². The van der Waals surface area contributed by atoms with E-state index in [1.165, 1.54) is 22.8 Å². The topological polar surface area (TPSA) is 37.3 Å². The van der Waals surface area contributed by atoms with Crippen LogP contribution in [0.2, 0.25) is 0 Å². The zero-order valence-corrected chi connectivity index (χ0v) is 13.5. The molecular formula is C19H22O2S. The molecule has 2 aromatic carbocycles. The van der Waals surface area contributed by atoms with Gasteiger partial charge < -0.3 is 5.11 Å². The van der Waals surface area contributed by atoms with Crippen molar-refractivity contribution in [3.05, 3.63) is 48.0 Å². The monoisotopic (exact) mass is 314 g/mol. The Kier molecular flexibility index (Phi) is 3.58. The molecule has 2 aliphatic rings. The molecule has 0 aromatic heterocycles. The fourth-order valence-electron chi connectivity index (χ4n) is 4.32. The lowest BCUT2D eigenvalue weighted by Gasteiger charge is -2.43. The Balaban J connectivity index is 1.66. The van der Waals surface area contributed by atoms with Gasteiger partial charge in [0.15, 0.2) is 0 Å². The molecule has 0 spiro atoms. The van der Waals surface area contributed by atoms with Crippen molar-refractivity contribution in [1.82, 2.24) is 0 Å². The van der Waals surface area contributed by atoms with Gasteiger partial charge in [0.25, 0.3) is 0 Å². The smallest absolute Gasteiger partial charge is 0.0711 e. The molecule has 2 nitrogen and oxygen atoms in total. The van der Waals surface area contributed by atoms with Gasteiger partial charge in [-0.05, 0) is 42.0 Å². The van der Waals surface area contributed by atoms with Gasteiger partial charge in [0.05, 0.1) is 5.60 Å². The number of fused-ring (bicyclic) bond motifs is 3. The SMILES string of the molecule is O=S1C2CCCC1CC(O)(Cc1cccc3ccccc13)C2. The van der Waals surface area contributed by atoms with E-state index in [1.807, 2.05) is 0 Å². The Morgan fingerprint density at radius 3 is 2.50 bits per heavy atom. The lowest BCUT2D eigenvalue weighted by Crippen LogP contribution is -2.50. The molecule has 2 atom stereocenters. The van der Waals surface area contributed by atoms with E-state index in [1.54, 1.807) is 0 Å².